The molecule has 1 N–H and O–H groups in total. The molecule has 2 nitrogen and oxygen atoms in total. The molecule has 0 saturated heterocycles. The first-order chi connectivity index (χ1) is 6.22. The van der Waals surface area contributed by atoms with Gasteiger partial charge in [-0.2, -0.15) is 0 Å². The van der Waals surface area contributed by atoms with Crippen molar-refractivity contribution < 1.29 is 0 Å². The first kappa shape index (κ1) is 10.7. The molecule has 0 fully saturated rings. The van der Waals surface area contributed by atoms with Crippen molar-refractivity contribution in [2.75, 3.05) is 13.6 Å². The Morgan fingerprint density at radius 2 is 2.38 bits per heavy atom. The van der Waals surface area contributed by atoms with Crippen molar-refractivity contribution >= 4 is 11.3 Å². The highest BCUT2D eigenvalue weighted by Gasteiger charge is 2.03. The lowest BCUT2D eigenvalue weighted by molar-refractivity contribution is 0.504. The Balaban J connectivity index is 2.26. The van der Waals surface area contributed by atoms with Crippen molar-refractivity contribution in [3.8, 4) is 0 Å². The van der Waals surface area contributed by atoms with Gasteiger partial charge in [0.15, 0.2) is 0 Å². The lowest BCUT2D eigenvalue weighted by atomic mass is 10.1. The summed E-state index contributed by atoms with van der Waals surface area (Å²) in [5.74, 6) is 0.745. The Morgan fingerprint density at radius 1 is 1.62 bits per heavy atom. The van der Waals surface area contributed by atoms with Crippen LogP contribution in [-0.2, 0) is 6.42 Å². The Morgan fingerprint density at radius 3 is 2.92 bits per heavy atom. The molecular weight excluding hydrogens is 180 g/mol. The minimum absolute atomic E-state index is 0.745. The summed E-state index contributed by atoms with van der Waals surface area (Å²) in [7, 11) is 2.00. The summed E-state index contributed by atoms with van der Waals surface area (Å²) < 4.78 is 0. The van der Waals surface area contributed by atoms with Gasteiger partial charge in [0, 0.05) is 11.1 Å². The Labute approximate surface area is 84.4 Å². The molecule has 1 rings (SSSR count). The highest BCUT2D eigenvalue weighted by molar-refractivity contribution is 7.09. The minimum atomic E-state index is 0.745. The third kappa shape index (κ3) is 3.87. The van der Waals surface area contributed by atoms with E-state index in [1.807, 2.05) is 7.05 Å². The zero-order valence-electron chi connectivity index (χ0n) is 8.63. The van der Waals surface area contributed by atoms with Crippen molar-refractivity contribution in [1.29, 1.82) is 0 Å². The van der Waals surface area contributed by atoms with Gasteiger partial charge >= 0.3 is 0 Å². The van der Waals surface area contributed by atoms with Crippen LogP contribution in [0.2, 0.25) is 0 Å². The van der Waals surface area contributed by atoms with Gasteiger partial charge in [0.25, 0.3) is 0 Å². The molecule has 0 aromatic carbocycles. The maximum atomic E-state index is 4.44. The van der Waals surface area contributed by atoms with Crippen LogP contribution >= 0.6 is 11.3 Å². The molecule has 0 radical (unpaired) electrons. The number of thiazole rings is 1. The number of aromatic nitrogens is 1. The fraction of sp³-hybridized carbons (Fsp3) is 0.700. The van der Waals surface area contributed by atoms with Gasteiger partial charge < -0.3 is 5.32 Å². The summed E-state index contributed by atoms with van der Waals surface area (Å²) >= 11 is 1.78. The molecule has 1 heterocycles. The molecule has 0 aliphatic rings. The van der Waals surface area contributed by atoms with E-state index in [1.165, 1.54) is 11.4 Å². The molecule has 1 aromatic heterocycles. The second-order valence-corrected chi connectivity index (χ2v) is 4.53. The SMILES string of the molecule is CNCC(C)CCc1nc(C)cs1. The van der Waals surface area contributed by atoms with Gasteiger partial charge in [-0.3, -0.25) is 0 Å². The number of nitrogens with zero attached hydrogens (tertiary/aromatic N) is 1. The van der Waals surface area contributed by atoms with Gasteiger partial charge in [-0.1, -0.05) is 6.92 Å². The van der Waals surface area contributed by atoms with Crippen LogP contribution in [-0.4, -0.2) is 18.6 Å². The molecule has 0 amide bonds. The third-order valence-corrected chi connectivity index (χ3v) is 3.10. The number of nitrogens with one attached hydrogen (secondary N) is 1. The van der Waals surface area contributed by atoms with Crippen LogP contribution in [0.3, 0.4) is 0 Å². The number of rotatable bonds is 5. The second kappa shape index (κ2) is 5.35. The molecule has 0 spiro atoms. The first-order valence-electron chi connectivity index (χ1n) is 4.78. The van der Waals surface area contributed by atoms with E-state index in [9.17, 15) is 0 Å². The van der Waals surface area contributed by atoms with Crippen LogP contribution < -0.4 is 5.32 Å². The van der Waals surface area contributed by atoms with E-state index in [4.69, 9.17) is 0 Å². The standard InChI is InChI=1S/C10H18N2S/c1-8(6-11-3)4-5-10-12-9(2)7-13-10/h7-8,11H,4-6H2,1-3H3. The van der Waals surface area contributed by atoms with Crippen molar-refractivity contribution in [2.24, 2.45) is 5.92 Å². The van der Waals surface area contributed by atoms with E-state index in [-0.39, 0.29) is 0 Å². The maximum absolute atomic E-state index is 4.44. The highest BCUT2D eigenvalue weighted by atomic mass is 32.1. The normalized spacial score (nSPS) is 13.2. The lowest BCUT2D eigenvalue weighted by Crippen LogP contribution is -2.16. The molecule has 74 valence electrons. The molecule has 13 heavy (non-hydrogen) atoms. The van der Waals surface area contributed by atoms with Crippen molar-refractivity contribution in [3.63, 3.8) is 0 Å². The molecule has 1 aromatic rings. The summed E-state index contributed by atoms with van der Waals surface area (Å²) in [4.78, 5) is 4.44. The molecule has 3 heteroatoms. The van der Waals surface area contributed by atoms with E-state index < -0.39 is 0 Å². The zero-order chi connectivity index (χ0) is 9.68. The Bertz CT molecular complexity index is 245. The van der Waals surface area contributed by atoms with E-state index in [1.54, 1.807) is 11.3 Å². The molecule has 1 unspecified atom stereocenters. The minimum Gasteiger partial charge on any atom is -0.319 e. The van der Waals surface area contributed by atoms with Crippen LogP contribution in [0.15, 0.2) is 5.38 Å². The average molecular weight is 198 g/mol. The van der Waals surface area contributed by atoms with E-state index in [0.29, 0.717) is 0 Å². The van der Waals surface area contributed by atoms with Crippen LogP contribution in [0, 0.1) is 12.8 Å². The second-order valence-electron chi connectivity index (χ2n) is 3.58. The predicted molar refractivity (Wildman–Crippen MR) is 58.3 cm³/mol. The highest BCUT2D eigenvalue weighted by Crippen LogP contribution is 2.13. The summed E-state index contributed by atoms with van der Waals surface area (Å²) in [6.45, 7) is 5.43. The molecule has 0 bridgehead atoms. The van der Waals surface area contributed by atoms with Gasteiger partial charge in [-0.25, -0.2) is 4.98 Å². The summed E-state index contributed by atoms with van der Waals surface area (Å²) in [5, 5.41) is 6.59. The fourth-order valence-corrected chi connectivity index (χ4v) is 2.13. The van der Waals surface area contributed by atoms with Gasteiger partial charge in [-0.15, -0.1) is 11.3 Å². The van der Waals surface area contributed by atoms with Crippen molar-refractivity contribution in [1.82, 2.24) is 10.3 Å². The van der Waals surface area contributed by atoms with Gasteiger partial charge in [0.05, 0.1) is 5.01 Å². The van der Waals surface area contributed by atoms with Gasteiger partial charge in [-0.05, 0) is 39.3 Å². The van der Waals surface area contributed by atoms with Crippen LogP contribution in [0.5, 0.6) is 0 Å². The third-order valence-electron chi connectivity index (χ3n) is 2.07. The topological polar surface area (TPSA) is 24.9 Å². The van der Waals surface area contributed by atoms with Gasteiger partial charge in [0.1, 0.15) is 0 Å². The molecule has 1 atom stereocenters. The van der Waals surface area contributed by atoms with Crippen LogP contribution in [0.4, 0.5) is 0 Å². The Kier molecular flexibility index (Phi) is 4.39. The fourth-order valence-electron chi connectivity index (χ4n) is 1.34. The largest absolute Gasteiger partial charge is 0.319 e. The van der Waals surface area contributed by atoms with Crippen molar-refractivity contribution in [3.05, 3.63) is 16.1 Å². The predicted octanol–water partition coefficient (Wildman–Crippen LogP) is 2.24. The number of hydrogen-bond acceptors (Lipinski definition) is 3. The van der Waals surface area contributed by atoms with E-state index in [2.05, 4.69) is 29.5 Å². The summed E-state index contributed by atoms with van der Waals surface area (Å²) in [6.07, 6.45) is 2.36. The lowest BCUT2D eigenvalue weighted by Gasteiger charge is -2.08. The first-order valence-corrected chi connectivity index (χ1v) is 5.66. The molecule has 0 saturated carbocycles. The van der Waals surface area contributed by atoms with Gasteiger partial charge in [0.2, 0.25) is 0 Å². The molecule has 0 aliphatic carbocycles. The molecule has 0 aliphatic heterocycles. The zero-order valence-corrected chi connectivity index (χ0v) is 9.45. The number of aryl methyl sites for hydroxylation is 2. The van der Waals surface area contributed by atoms with E-state index >= 15 is 0 Å². The number of hydrogen-bond donors (Lipinski definition) is 1. The Hall–Kier alpha value is -0.410. The van der Waals surface area contributed by atoms with E-state index in [0.717, 1.165) is 24.6 Å². The maximum Gasteiger partial charge on any atom is 0.0928 e. The van der Waals surface area contributed by atoms with Crippen LogP contribution in [0.1, 0.15) is 24.0 Å². The average Bonchev–Trinajstić information content (AvgIpc) is 2.49. The van der Waals surface area contributed by atoms with Crippen LogP contribution in [0.25, 0.3) is 0 Å². The monoisotopic (exact) mass is 198 g/mol. The summed E-state index contributed by atoms with van der Waals surface area (Å²) in [5.41, 5.74) is 1.15. The molecular formula is C10H18N2S. The quantitative estimate of drug-likeness (QED) is 0.785. The summed E-state index contributed by atoms with van der Waals surface area (Å²) in [6, 6.07) is 0. The van der Waals surface area contributed by atoms with Crippen molar-refractivity contribution in [2.45, 2.75) is 26.7 Å². The smallest absolute Gasteiger partial charge is 0.0928 e.